The van der Waals surface area contributed by atoms with Crippen molar-refractivity contribution in [1.29, 1.82) is 0 Å². The van der Waals surface area contributed by atoms with Gasteiger partial charge in [0.2, 0.25) is 0 Å². The number of halogens is 1. The Kier molecular flexibility index (Phi) is 40.0. The van der Waals surface area contributed by atoms with Crippen LogP contribution in [0, 0.1) is 11.8 Å². The van der Waals surface area contributed by atoms with Crippen molar-refractivity contribution in [2.75, 3.05) is 73.9 Å². The second-order valence-electron chi connectivity index (χ2n) is 34.1. The quantitative estimate of drug-likeness (QED) is 0.00658. The number of carbonyl (C=O) groups is 4. The van der Waals surface area contributed by atoms with Gasteiger partial charge in [-0.25, -0.2) is 14.4 Å². The normalized spacial score (nSPS) is 20.1. The Bertz CT molecular complexity index is 4520. The minimum atomic E-state index is -1.45. The summed E-state index contributed by atoms with van der Waals surface area (Å²) in [5.74, 6) is 0.498. The molecule has 4 aliphatic rings. The van der Waals surface area contributed by atoms with E-state index in [0.29, 0.717) is 72.4 Å². The minimum absolute atomic E-state index is 0.0109. The van der Waals surface area contributed by atoms with E-state index >= 15 is 0 Å². The van der Waals surface area contributed by atoms with E-state index in [1.54, 1.807) is 90.1 Å². The zero-order valence-corrected chi connectivity index (χ0v) is 80.7. The van der Waals surface area contributed by atoms with Gasteiger partial charge in [0.25, 0.3) is 0 Å². The number of benzene rings is 7. The Morgan fingerprint density at radius 1 is 0.500 bits per heavy atom. The summed E-state index contributed by atoms with van der Waals surface area (Å²) in [7, 11) is 6.79. The first kappa shape index (κ1) is 99.6. The standard InChI is InChI=1S/C46H60O11Si.C30H37IO6.C22H30O5SeSi/c1-46(2)56-40(19-13-17-35-28-37(51-5)29-41(54-31-49-3)42(35)45(48)52-26-27-58(6,7)8)43(57-46)39(55-44(47)34-14-10-9-11-15-34)25-22-33-16-12-18-38(33)53-30-32-20-23-36(50-4)24-21-32;1-30(2)36-27(18-19-31)28(37-30)26(35-29(32)23-8-5-4-6-9-23)17-14-22-10-7-11-25(22)34-20-21-12-15-24(33-3)16-13-21;1-24-16-27-20-14-18(25-2)13-17(15-28-19-9-7-6-8-10-19)21(20)22(23)26-11-12-29(3,4)5/h9-11,13-15,17,20-25,28-29,33,38-40,43H,12,16,18-19,26-27,30-31H2,1-8H3;4-6,8-9,12-17,22,25-28H,7,10-11,18-20H2,1-3H3;6-10,13-14H,11-12,15-16H2,1-5H3/b17-13+,25-22-;17-14-;/t33-,38-,39?,40?,43?;22-,25-,26?,27?,28?;/m11./s1. The van der Waals surface area contributed by atoms with E-state index in [2.05, 4.69) is 86.2 Å². The van der Waals surface area contributed by atoms with Crippen LogP contribution in [-0.4, -0.2) is 189 Å². The van der Waals surface area contributed by atoms with Gasteiger partial charge in [-0.05, 0) is 156 Å². The van der Waals surface area contributed by atoms with Crippen LogP contribution in [0.1, 0.15) is 143 Å². The second kappa shape index (κ2) is 49.8. The molecule has 2 saturated heterocycles. The topological polar surface area (TPSA) is 234 Å². The molecular weight excluding hydrogens is 1790 g/mol. The van der Waals surface area contributed by atoms with Crippen molar-refractivity contribution in [3.63, 3.8) is 0 Å². The van der Waals surface area contributed by atoms with E-state index in [1.807, 2.05) is 149 Å². The average Bonchev–Trinajstić information content (AvgIpc) is 1.51. The first-order chi connectivity index (χ1) is 59.5. The zero-order chi connectivity index (χ0) is 89.2. The van der Waals surface area contributed by atoms with Crippen LogP contribution < -0.4 is 32.9 Å². The third-order valence-corrected chi connectivity index (χ3v) is 27.4. The molecule has 2 saturated carbocycles. The molecule has 10 atom stereocenters. The summed E-state index contributed by atoms with van der Waals surface area (Å²) >= 11 is 2.51. The van der Waals surface area contributed by atoms with E-state index < -0.39 is 64.1 Å². The van der Waals surface area contributed by atoms with Gasteiger partial charge in [0.1, 0.15) is 53.0 Å². The third kappa shape index (κ3) is 32.3. The Balaban J connectivity index is 0.000000226. The van der Waals surface area contributed by atoms with Crippen molar-refractivity contribution in [3.8, 4) is 34.5 Å². The van der Waals surface area contributed by atoms with Gasteiger partial charge in [0, 0.05) is 37.5 Å². The van der Waals surface area contributed by atoms with Crippen molar-refractivity contribution >= 4 is 88.1 Å². The fourth-order valence-corrected chi connectivity index (χ4v) is 18.5. The molecule has 11 rings (SSSR count). The molecule has 4 fully saturated rings. The number of ether oxygens (including phenoxy) is 18. The summed E-state index contributed by atoms with van der Waals surface area (Å²) in [4.78, 5) is 53.2. The molecule has 672 valence electrons. The first-order valence-corrected chi connectivity index (χ1v) is 53.5. The SMILES string of the molecule is COCOc1cc(OC)cc(/C=C/CC2OC(C)(C)OC2C(/C=C\[C@H]2CCC[C@H]2OCc2ccc(OC)cc2)OC(=O)c2ccccc2)c1C(=O)OCC[Si](C)(C)C.COCOc1cc(OC)cc(C[Se]c2ccccc2)c1C(=O)OCC[Si](C)(C)C.COc1ccc(CO[C@@H]2CCC[C@@H]2/C=C\C(OC(=O)c2ccccc2)C2OC(C)(C)OC2CCI)cc1. The number of methoxy groups -OCH3 is 6. The molecule has 7 aromatic carbocycles. The van der Waals surface area contributed by atoms with Crippen molar-refractivity contribution in [2.45, 2.75) is 209 Å². The summed E-state index contributed by atoms with van der Waals surface area (Å²) in [5.41, 5.74) is 5.30. The predicted molar refractivity (Wildman–Crippen MR) is 496 cm³/mol. The van der Waals surface area contributed by atoms with Gasteiger partial charge in [-0.15, -0.1) is 0 Å². The van der Waals surface area contributed by atoms with E-state index in [0.717, 1.165) is 95.0 Å². The first-order valence-electron chi connectivity index (χ1n) is 42.5. The zero-order valence-electron chi connectivity index (χ0n) is 74.8. The maximum atomic E-state index is 13.6. The Morgan fingerprint density at radius 2 is 0.927 bits per heavy atom. The molecule has 6 unspecified atom stereocenters. The van der Waals surface area contributed by atoms with Crippen LogP contribution in [0.5, 0.6) is 34.5 Å². The summed E-state index contributed by atoms with van der Waals surface area (Å²) in [6.07, 6.45) is 16.2. The van der Waals surface area contributed by atoms with Gasteiger partial charge in [-0.2, -0.15) is 0 Å². The van der Waals surface area contributed by atoms with Crippen molar-refractivity contribution in [3.05, 3.63) is 239 Å². The van der Waals surface area contributed by atoms with Gasteiger partial charge in [-0.1, -0.05) is 140 Å². The molecule has 0 amide bonds. The van der Waals surface area contributed by atoms with Crippen LogP contribution >= 0.6 is 22.6 Å². The van der Waals surface area contributed by atoms with E-state index in [9.17, 15) is 19.2 Å². The summed E-state index contributed by atoms with van der Waals surface area (Å²) in [6, 6.07) is 52.9. The van der Waals surface area contributed by atoms with Crippen LogP contribution in [0.3, 0.4) is 0 Å². The van der Waals surface area contributed by atoms with Crippen molar-refractivity contribution < 1.29 is 104 Å². The fourth-order valence-electron chi connectivity index (χ4n) is 14.6. The maximum absolute atomic E-state index is 13.6. The number of hydrogen-bond donors (Lipinski definition) is 0. The van der Waals surface area contributed by atoms with Crippen LogP contribution in [0.25, 0.3) is 6.08 Å². The van der Waals surface area contributed by atoms with E-state index in [-0.39, 0.29) is 88.0 Å². The van der Waals surface area contributed by atoms with Crippen molar-refractivity contribution in [1.82, 2.24) is 0 Å². The van der Waals surface area contributed by atoms with Gasteiger partial charge in [0.15, 0.2) is 18.4 Å². The smallest absolute Gasteiger partial charge is 0.338 e. The Labute approximate surface area is 755 Å². The molecule has 2 heterocycles. The Morgan fingerprint density at radius 3 is 1.37 bits per heavy atom. The molecule has 0 radical (unpaired) electrons. The Hall–Kier alpha value is -8.20. The van der Waals surface area contributed by atoms with Gasteiger partial charge in [-0.3, -0.25) is 0 Å². The second-order valence-corrected chi connectivity index (χ2v) is 48.6. The molecule has 0 N–H and O–H groups in total. The monoisotopic (exact) mass is 1920 g/mol. The number of alkyl halides is 1. The third-order valence-electron chi connectivity index (χ3n) is 21.1. The number of hydrogen-bond acceptors (Lipinski definition) is 22. The van der Waals surface area contributed by atoms with E-state index in [4.69, 9.17) is 85.3 Å². The molecule has 2 aliphatic heterocycles. The number of rotatable bonds is 42. The average molecular weight is 1920 g/mol. The molecule has 7 aromatic rings. The van der Waals surface area contributed by atoms with Gasteiger partial charge in [0.05, 0.1) is 76.7 Å². The molecule has 0 aromatic heterocycles. The molecular formula is C98H127IO22SeSi2. The summed E-state index contributed by atoms with van der Waals surface area (Å²) in [6.45, 7) is 22.7. The number of esters is 4. The largest absolute Gasteiger partial charge is 0.497 e. The molecule has 2 aliphatic carbocycles. The van der Waals surface area contributed by atoms with E-state index in [1.165, 1.54) is 11.6 Å². The summed E-state index contributed by atoms with van der Waals surface area (Å²) < 4.78 is 107. The molecule has 26 heteroatoms. The van der Waals surface area contributed by atoms with Crippen LogP contribution in [-0.2, 0) is 75.4 Å². The van der Waals surface area contributed by atoms with Crippen LogP contribution in [0.4, 0.5) is 0 Å². The fraction of sp³-hybridized carbons (Fsp3) is 0.469. The van der Waals surface area contributed by atoms with Gasteiger partial charge < -0.3 is 66.3 Å². The van der Waals surface area contributed by atoms with Crippen molar-refractivity contribution in [2.24, 2.45) is 11.8 Å². The molecule has 22 nitrogen and oxygen atoms in total. The maximum Gasteiger partial charge on any atom is 0.338 e. The predicted octanol–water partition coefficient (Wildman–Crippen LogP) is 19.5. The van der Waals surface area contributed by atoms with Crippen LogP contribution in [0.2, 0.25) is 51.4 Å². The minimum Gasteiger partial charge on any atom is -0.497 e. The van der Waals surface area contributed by atoms with Crippen LogP contribution in [0.15, 0.2) is 194 Å². The molecule has 0 spiro atoms. The molecule has 0 bridgehead atoms. The summed E-state index contributed by atoms with van der Waals surface area (Å²) in [5, 5.41) is 0.732. The number of carbonyl (C=O) groups excluding carboxylic acids is 4. The van der Waals surface area contributed by atoms with Gasteiger partial charge >= 0.3 is 199 Å². The molecule has 124 heavy (non-hydrogen) atoms.